The average molecular weight is 347 g/mol. The van der Waals surface area contributed by atoms with Crippen LogP contribution in [0.3, 0.4) is 0 Å². The molecule has 1 rings (SSSR count). The molecule has 0 spiro atoms. The van der Waals surface area contributed by atoms with E-state index in [1.54, 1.807) is 0 Å². The van der Waals surface area contributed by atoms with Gasteiger partial charge < -0.3 is 10.1 Å². The van der Waals surface area contributed by atoms with Crippen LogP contribution in [-0.2, 0) is 13.8 Å². The summed E-state index contributed by atoms with van der Waals surface area (Å²) >= 11 is 11.6. The first-order valence-electron chi connectivity index (χ1n) is 4.98. The zero-order valence-electron chi connectivity index (χ0n) is 9.74. The maximum atomic E-state index is 11.8. The number of ether oxygens (including phenoxy) is 1. The summed E-state index contributed by atoms with van der Waals surface area (Å²) in [6.07, 6.45) is 0. The van der Waals surface area contributed by atoms with E-state index in [0.717, 1.165) is 12.1 Å². The molecule has 19 heavy (non-hydrogen) atoms. The Morgan fingerprint density at radius 3 is 2.53 bits per heavy atom. The molecule has 9 heteroatoms. The second kappa shape index (κ2) is 6.76. The summed E-state index contributed by atoms with van der Waals surface area (Å²) in [7, 11) is 2.69. The zero-order chi connectivity index (χ0) is 14.6. The van der Waals surface area contributed by atoms with Crippen LogP contribution in [0.5, 0.6) is 0 Å². The lowest BCUT2D eigenvalue weighted by molar-refractivity contribution is 0.0937. The summed E-state index contributed by atoms with van der Waals surface area (Å²) in [5.74, 6) is -0.564. The number of hydrogen-bond donors (Lipinski definition) is 1. The number of rotatable bonds is 5. The second-order valence-corrected chi connectivity index (χ2v) is 6.80. The molecular formula is C10H10Cl3NO4S. The number of hydrogen-bond acceptors (Lipinski definition) is 4. The van der Waals surface area contributed by atoms with Gasteiger partial charge in [0.25, 0.3) is 15.0 Å². The molecule has 0 saturated heterocycles. The smallest absolute Gasteiger partial charge is 0.261 e. The van der Waals surface area contributed by atoms with E-state index in [1.807, 2.05) is 0 Å². The van der Waals surface area contributed by atoms with E-state index in [0.29, 0.717) is 6.61 Å². The molecule has 0 aliphatic rings. The van der Waals surface area contributed by atoms with Gasteiger partial charge in [-0.05, 0) is 12.1 Å². The molecule has 0 saturated carbocycles. The van der Waals surface area contributed by atoms with Crippen molar-refractivity contribution in [3.05, 3.63) is 27.7 Å². The number of amides is 1. The fourth-order valence-corrected chi connectivity index (χ4v) is 2.50. The molecule has 0 aliphatic heterocycles. The Bertz CT molecular complexity index is 589. The number of methoxy groups -OCH3 is 1. The molecule has 0 bridgehead atoms. The minimum Gasteiger partial charge on any atom is -0.383 e. The summed E-state index contributed by atoms with van der Waals surface area (Å²) < 4.78 is 27.3. The number of carbonyl (C=O) groups is 1. The van der Waals surface area contributed by atoms with E-state index < -0.39 is 15.0 Å². The molecule has 5 nitrogen and oxygen atoms in total. The molecule has 0 aliphatic carbocycles. The molecule has 0 atom stereocenters. The Morgan fingerprint density at radius 1 is 1.37 bits per heavy atom. The molecule has 0 heterocycles. The van der Waals surface area contributed by atoms with Gasteiger partial charge in [0.15, 0.2) is 0 Å². The molecule has 1 aromatic rings. The van der Waals surface area contributed by atoms with Gasteiger partial charge in [-0.3, -0.25) is 4.79 Å². The van der Waals surface area contributed by atoms with E-state index in [1.165, 1.54) is 7.11 Å². The van der Waals surface area contributed by atoms with Gasteiger partial charge >= 0.3 is 0 Å². The maximum Gasteiger partial charge on any atom is 0.261 e. The van der Waals surface area contributed by atoms with Crippen molar-refractivity contribution in [3.63, 3.8) is 0 Å². The fraction of sp³-hybridized carbons (Fsp3) is 0.300. The van der Waals surface area contributed by atoms with Crippen LogP contribution in [0.4, 0.5) is 0 Å². The topological polar surface area (TPSA) is 72.5 Å². The van der Waals surface area contributed by atoms with E-state index in [4.69, 9.17) is 38.6 Å². The largest absolute Gasteiger partial charge is 0.383 e. The van der Waals surface area contributed by atoms with E-state index >= 15 is 0 Å². The van der Waals surface area contributed by atoms with Crippen LogP contribution < -0.4 is 5.32 Å². The van der Waals surface area contributed by atoms with Gasteiger partial charge in [-0.1, -0.05) is 23.2 Å². The minimum atomic E-state index is -4.00. The Kier molecular flexibility index (Phi) is 5.88. The monoisotopic (exact) mass is 345 g/mol. The summed E-state index contributed by atoms with van der Waals surface area (Å²) in [6.45, 7) is 0.561. The lowest BCUT2D eigenvalue weighted by Crippen LogP contribution is -2.27. The zero-order valence-corrected chi connectivity index (χ0v) is 12.8. The highest BCUT2D eigenvalue weighted by Crippen LogP contribution is 2.30. The number of carbonyl (C=O) groups excluding carboxylic acids is 1. The van der Waals surface area contributed by atoms with Crippen molar-refractivity contribution < 1.29 is 17.9 Å². The molecule has 0 aromatic heterocycles. The SMILES string of the molecule is COCCNC(=O)c1cc(S(=O)(=O)Cl)cc(Cl)c1Cl. The predicted octanol–water partition coefficient (Wildman–Crippen LogP) is 2.30. The van der Waals surface area contributed by atoms with Gasteiger partial charge in [0, 0.05) is 24.3 Å². The van der Waals surface area contributed by atoms with Crippen LogP contribution >= 0.6 is 33.9 Å². The van der Waals surface area contributed by atoms with Crippen LogP contribution in [-0.4, -0.2) is 34.6 Å². The maximum absolute atomic E-state index is 11.8. The van der Waals surface area contributed by atoms with Gasteiger partial charge in [0.05, 0.1) is 27.1 Å². The predicted molar refractivity (Wildman–Crippen MR) is 73.7 cm³/mol. The third-order valence-electron chi connectivity index (χ3n) is 2.12. The number of benzene rings is 1. The van der Waals surface area contributed by atoms with Gasteiger partial charge in [-0.25, -0.2) is 8.42 Å². The van der Waals surface area contributed by atoms with Crippen LogP contribution in [0, 0.1) is 0 Å². The highest BCUT2D eigenvalue weighted by atomic mass is 35.7. The Balaban J connectivity index is 3.13. The normalized spacial score (nSPS) is 11.4. The van der Waals surface area contributed by atoms with Gasteiger partial charge in [-0.15, -0.1) is 0 Å². The lowest BCUT2D eigenvalue weighted by Gasteiger charge is -2.09. The Hall–Kier alpha value is -0.530. The third kappa shape index (κ3) is 4.50. The highest BCUT2D eigenvalue weighted by molar-refractivity contribution is 8.13. The van der Waals surface area contributed by atoms with Crippen LogP contribution in [0.15, 0.2) is 17.0 Å². The van der Waals surface area contributed by atoms with Gasteiger partial charge in [0.1, 0.15) is 0 Å². The van der Waals surface area contributed by atoms with Gasteiger partial charge in [0.2, 0.25) is 0 Å². The van der Waals surface area contributed by atoms with Crippen LogP contribution in [0.25, 0.3) is 0 Å². The molecular weight excluding hydrogens is 337 g/mol. The van der Waals surface area contributed by atoms with Crippen molar-refractivity contribution in [2.75, 3.05) is 20.3 Å². The van der Waals surface area contributed by atoms with Crippen molar-refractivity contribution >= 4 is 48.8 Å². The molecule has 0 unspecified atom stereocenters. The third-order valence-corrected chi connectivity index (χ3v) is 4.25. The first-order chi connectivity index (χ1) is 8.77. The molecule has 0 radical (unpaired) electrons. The van der Waals surface area contributed by atoms with Crippen molar-refractivity contribution in [3.8, 4) is 0 Å². The van der Waals surface area contributed by atoms with Crippen molar-refractivity contribution in [1.29, 1.82) is 0 Å². The van der Waals surface area contributed by atoms with E-state index in [9.17, 15) is 13.2 Å². The molecule has 1 N–H and O–H groups in total. The molecule has 106 valence electrons. The molecule has 1 aromatic carbocycles. The first-order valence-corrected chi connectivity index (χ1v) is 8.04. The van der Waals surface area contributed by atoms with Gasteiger partial charge in [-0.2, -0.15) is 0 Å². The van der Waals surface area contributed by atoms with Crippen LogP contribution in [0.1, 0.15) is 10.4 Å². The lowest BCUT2D eigenvalue weighted by atomic mass is 10.2. The van der Waals surface area contributed by atoms with E-state index in [2.05, 4.69) is 5.32 Å². The molecule has 1 amide bonds. The Labute approximate surface area is 125 Å². The molecule has 0 fully saturated rings. The van der Waals surface area contributed by atoms with Crippen molar-refractivity contribution in [2.24, 2.45) is 0 Å². The second-order valence-electron chi connectivity index (χ2n) is 3.45. The summed E-state index contributed by atoms with van der Waals surface area (Å²) in [6, 6.07) is 2.15. The average Bonchev–Trinajstić information content (AvgIpc) is 2.31. The standard InChI is InChI=1S/C10H10Cl3NO4S/c1-18-3-2-14-10(15)7-4-6(19(13,16)17)5-8(11)9(7)12/h4-5H,2-3H2,1H3,(H,14,15). The van der Waals surface area contributed by atoms with E-state index in [-0.39, 0.29) is 27.0 Å². The summed E-state index contributed by atoms with van der Waals surface area (Å²) in [5, 5.41) is 2.39. The number of halogens is 3. The quantitative estimate of drug-likeness (QED) is 0.656. The number of nitrogens with one attached hydrogen (secondary N) is 1. The van der Waals surface area contributed by atoms with Crippen molar-refractivity contribution in [2.45, 2.75) is 4.90 Å². The fourth-order valence-electron chi connectivity index (χ4n) is 1.23. The Morgan fingerprint density at radius 2 is 2.00 bits per heavy atom. The summed E-state index contributed by atoms with van der Waals surface area (Å²) in [5.41, 5.74) is -0.0653. The highest BCUT2D eigenvalue weighted by Gasteiger charge is 2.19. The summed E-state index contributed by atoms with van der Waals surface area (Å²) in [4.78, 5) is 11.5. The minimum absolute atomic E-state index is 0.0411. The van der Waals surface area contributed by atoms with Crippen molar-refractivity contribution in [1.82, 2.24) is 5.32 Å². The van der Waals surface area contributed by atoms with Crippen LogP contribution in [0.2, 0.25) is 10.0 Å². The first kappa shape index (κ1) is 16.5.